The monoisotopic (exact) mass is 416 g/mol. The van der Waals surface area contributed by atoms with Gasteiger partial charge in [0.25, 0.3) is 10.0 Å². The van der Waals surface area contributed by atoms with Crippen LogP contribution < -0.4 is 4.72 Å². The Kier molecular flexibility index (Phi) is 4.62. The molecule has 0 bridgehead atoms. The Bertz CT molecular complexity index is 855. The van der Waals surface area contributed by atoms with E-state index in [1.165, 1.54) is 0 Å². The molecule has 0 amide bonds. The predicted molar refractivity (Wildman–Crippen MR) is 74.1 cm³/mol. The number of hydrogen-bond acceptors (Lipinski definition) is 3. The zero-order valence-electron chi connectivity index (χ0n) is 10.8. The van der Waals surface area contributed by atoms with Crippen LogP contribution >= 0.6 is 15.9 Å². The second-order valence-electron chi connectivity index (χ2n) is 4.24. The summed E-state index contributed by atoms with van der Waals surface area (Å²) in [6, 6.07) is 1.94. The van der Waals surface area contributed by atoms with Crippen LogP contribution in [0.4, 0.5) is 27.6 Å². The van der Waals surface area contributed by atoms with Crippen molar-refractivity contribution in [3.05, 3.63) is 52.3 Å². The maximum absolute atomic E-state index is 13.8. The summed E-state index contributed by atoms with van der Waals surface area (Å²) < 4.78 is 89.8. The van der Waals surface area contributed by atoms with Crippen molar-refractivity contribution in [2.75, 3.05) is 4.72 Å². The van der Waals surface area contributed by atoms with Gasteiger partial charge < -0.3 is 0 Å². The zero-order chi connectivity index (χ0) is 17.4. The second-order valence-corrected chi connectivity index (χ2v) is 6.71. The number of anilines is 1. The van der Waals surface area contributed by atoms with Crippen LogP contribution in [0.1, 0.15) is 5.56 Å². The molecule has 0 aliphatic heterocycles. The molecule has 0 aliphatic rings. The van der Waals surface area contributed by atoms with Crippen LogP contribution in [0, 0.1) is 11.6 Å². The molecule has 2 aromatic rings. The molecule has 0 fully saturated rings. The van der Waals surface area contributed by atoms with Crippen molar-refractivity contribution >= 4 is 31.6 Å². The molecule has 124 valence electrons. The highest BCUT2D eigenvalue weighted by Crippen LogP contribution is 2.31. The molecule has 1 aromatic heterocycles. The van der Waals surface area contributed by atoms with Gasteiger partial charge >= 0.3 is 6.18 Å². The van der Waals surface area contributed by atoms with E-state index in [2.05, 4.69) is 20.9 Å². The number of hydrogen-bond donors (Lipinski definition) is 1. The number of sulfonamides is 1. The molecule has 0 radical (unpaired) electrons. The highest BCUT2D eigenvalue weighted by Gasteiger charge is 2.32. The lowest BCUT2D eigenvalue weighted by molar-refractivity contribution is -0.138. The number of rotatable bonds is 3. The Labute approximate surface area is 135 Å². The molecule has 0 unspecified atom stereocenters. The van der Waals surface area contributed by atoms with Crippen LogP contribution in [0.25, 0.3) is 0 Å². The van der Waals surface area contributed by atoms with Gasteiger partial charge in [-0.2, -0.15) is 13.2 Å². The Hall–Kier alpha value is -1.75. The van der Waals surface area contributed by atoms with Gasteiger partial charge in [0.15, 0.2) is 5.82 Å². The third kappa shape index (κ3) is 3.78. The molecule has 1 heterocycles. The maximum Gasteiger partial charge on any atom is 0.417 e. The average Bonchev–Trinajstić information content (AvgIpc) is 2.47. The van der Waals surface area contributed by atoms with Crippen LogP contribution in [0.2, 0.25) is 0 Å². The summed E-state index contributed by atoms with van der Waals surface area (Å²) in [4.78, 5) is 2.40. The molecule has 2 rings (SSSR count). The first-order valence-corrected chi connectivity index (χ1v) is 7.98. The molecule has 0 spiro atoms. The molecule has 0 aliphatic carbocycles. The maximum atomic E-state index is 13.8. The third-order valence-corrected chi connectivity index (χ3v) is 4.69. The molecule has 1 N–H and O–H groups in total. The summed E-state index contributed by atoms with van der Waals surface area (Å²) in [7, 11) is -4.54. The van der Waals surface area contributed by atoms with Gasteiger partial charge in [-0.25, -0.2) is 17.2 Å². The van der Waals surface area contributed by atoms with E-state index in [1.807, 2.05) is 0 Å². The van der Waals surface area contributed by atoms with Crippen LogP contribution in [0.15, 0.2) is 40.0 Å². The number of pyridine rings is 1. The van der Waals surface area contributed by atoms with Crippen molar-refractivity contribution in [2.45, 2.75) is 11.1 Å². The molecular weight excluding hydrogens is 411 g/mol. The minimum atomic E-state index is -4.79. The lowest BCUT2D eigenvalue weighted by Crippen LogP contribution is -2.16. The molecular formula is C12H6BrF5N2O2S. The number of alkyl halides is 3. The smallest absolute Gasteiger partial charge is 0.277 e. The van der Waals surface area contributed by atoms with Crippen molar-refractivity contribution in [1.82, 2.24) is 4.98 Å². The quantitative estimate of drug-likeness (QED) is 0.608. The Morgan fingerprint density at radius 3 is 2.39 bits per heavy atom. The summed E-state index contributed by atoms with van der Waals surface area (Å²) >= 11 is 2.59. The van der Waals surface area contributed by atoms with E-state index in [0.717, 1.165) is 12.1 Å². The lowest BCUT2D eigenvalue weighted by Gasteiger charge is -2.11. The largest absolute Gasteiger partial charge is 0.417 e. The minimum Gasteiger partial charge on any atom is -0.277 e. The van der Waals surface area contributed by atoms with Crippen LogP contribution in [-0.4, -0.2) is 13.4 Å². The first kappa shape index (κ1) is 17.6. The minimum absolute atomic E-state index is 0.353. The predicted octanol–water partition coefficient (Wildman–Crippen LogP) is 3.94. The number of halogens is 6. The number of aromatic nitrogens is 1. The van der Waals surface area contributed by atoms with Gasteiger partial charge in [0.05, 0.1) is 15.7 Å². The fraction of sp³-hybridized carbons (Fsp3) is 0.0833. The molecule has 0 saturated heterocycles. The highest BCUT2D eigenvalue weighted by molar-refractivity contribution is 9.10. The Morgan fingerprint density at radius 1 is 1.13 bits per heavy atom. The van der Waals surface area contributed by atoms with Gasteiger partial charge in [-0.05, 0) is 34.1 Å². The Balaban J connectivity index is 2.43. The van der Waals surface area contributed by atoms with Crippen molar-refractivity contribution in [3.63, 3.8) is 0 Å². The fourth-order valence-corrected chi connectivity index (χ4v) is 2.92. The SMILES string of the molecule is O=S(=O)(Nc1ccc(F)c(Br)c1F)c1cncc(C(F)(F)F)c1. The standard InChI is InChI=1S/C12H6BrF5N2O2S/c13-10-8(14)1-2-9(11(10)15)20-23(21,22)7-3-6(4-19-5-7)12(16,17)18/h1-5,20H. The summed E-state index contributed by atoms with van der Waals surface area (Å²) in [6.45, 7) is 0. The summed E-state index contributed by atoms with van der Waals surface area (Å²) in [5, 5.41) is 0. The van der Waals surface area contributed by atoms with E-state index >= 15 is 0 Å². The number of nitrogens with one attached hydrogen (secondary N) is 1. The first-order chi connectivity index (χ1) is 10.5. The average molecular weight is 417 g/mol. The van der Waals surface area contributed by atoms with Crippen molar-refractivity contribution in [1.29, 1.82) is 0 Å². The third-order valence-electron chi connectivity index (χ3n) is 2.63. The van der Waals surface area contributed by atoms with Gasteiger partial charge in [0, 0.05) is 12.4 Å². The van der Waals surface area contributed by atoms with E-state index < -0.39 is 48.5 Å². The number of benzene rings is 1. The number of nitrogens with zero attached hydrogens (tertiary/aromatic N) is 1. The lowest BCUT2D eigenvalue weighted by atomic mass is 10.3. The molecule has 0 atom stereocenters. The van der Waals surface area contributed by atoms with Gasteiger partial charge in [-0.3, -0.25) is 9.71 Å². The molecule has 4 nitrogen and oxygen atoms in total. The van der Waals surface area contributed by atoms with Crippen molar-refractivity contribution in [2.24, 2.45) is 0 Å². The fourth-order valence-electron chi connectivity index (χ4n) is 1.53. The van der Waals surface area contributed by atoms with Gasteiger partial charge in [0.2, 0.25) is 0 Å². The zero-order valence-corrected chi connectivity index (χ0v) is 13.2. The first-order valence-electron chi connectivity index (χ1n) is 5.71. The molecule has 23 heavy (non-hydrogen) atoms. The topological polar surface area (TPSA) is 59.1 Å². The highest BCUT2D eigenvalue weighted by atomic mass is 79.9. The summed E-state index contributed by atoms with van der Waals surface area (Å²) in [5.74, 6) is -2.21. The van der Waals surface area contributed by atoms with Crippen LogP contribution in [0.5, 0.6) is 0 Å². The van der Waals surface area contributed by atoms with E-state index in [1.54, 1.807) is 4.72 Å². The van der Waals surface area contributed by atoms with Gasteiger partial charge in [0.1, 0.15) is 10.7 Å². The normalized spacial score (nSPS) is 12.3. The Morgan fingerprint density at radius 2 is 1.78 bits per heavy atom. The van der Waals surface area contributed by atoms with E-state index in [0.29, 0.717) is 18.5 Å². The van der Waals surface area contributed by atoms with E-state index in [4.69, 9.17) is 0 Å². The van der Waals surface area contributed by atoms with Crippen molar-refractivity contribution in [3.8, 4) is 0 Å². The van der Waals surface area contributed by atoms with Crippen LogP contribution in [-0.2, 0) is 16.2 Å². The van der Waals surface area contributed by atoms with Crippen LogP contribution in [0.3, 0.4) is 0 Å². The van der Waals surface area contributed by atoms with Gasteiger partial charge in [-0.1, -0.05) is 0 Å². The van der Waals surface area contributed by atoms with Crippen molar-refractivity contribution < 1.29 is 30.4 Å². The van der Waals surface area contributed by atoms with Gasteiger partial charge in [-0.15, -0.1) is 0 Å². The molecule has 1 aromatic carbocycles. The second kappa shape index (κ2) is 6.04. The molecule has 11 heteroatoms. The summed E-state index contributed by atoms with van der Waals surface area (Å²) in [6.07, 6.45) is -3.66. The summed E-state index contributed by atoms with van der Waals surface area (Å²) in [5.41, 5.74) is -1.91. The van der Waals surface area contributed by atoms with E-state index in [9.17, 15) is 30.4 Å². The molecule has 0 saturated carbocycles. The van der Waals surface area contributed by atoms with E-state index in [-0.39, 0.29) is 0 Å².